The van der Waals surface area contributed by atoms with Gasteiger partial charge in [-0.3, -0.25) is 10.1 Å². The maximum atomic E-state index is 12.5. The molecule has 0 saturated heterocycles. The van der Waals surface area contributed by atoms with Gasteiger partial charge in [-0.05, 0) is 11.6 Å². The van der Waals surface area contributed by atoms with E-state index in [9.17, 15) is 33.5 Å². The summed E-state index contributed by atoms with van der Waals surface area (Å²) < 4.78 is 37.6. The van der Waals surface area contributed by atoms with Gasteiger partial charge >= 0.3 is 6.18 Å². The predicted octanol–water partition coefficient (Wildman–Crippen LogP) is 2.40. The van der Waals surface area contributed by atoms with Gasteiger partial charge in [0.2, 0.25) is 0 Å². The molecule has 0 aliphatic carbocycles. The second kappa shape index (κ2) is 5.85. The highest BCUT2D eigenvalue weighted by Crippen LogP contribution is 2.37. The molecule has 106 valence electrons. The van der Waals surface area contributed by atoms with E-state index >= 15 is 0 Å². The van der Waals surface area contributed by atoms with E-state index in [1.165, 1.54) is 0 Å². The lowest BCUT2D eigenvalue weighted by Gasteiger charge is -2.16. The van der Waals surface area contributed by atoms with Crippen molar-refractivity contribution in [3.8, 4) is 0 Å². The average Bonchev–Trinajstić information content (AvgIpc) is 2.35. The molecule has 0 amide bonds. The van der Waals surface area contributed by atoms with Crippen molar-refractivity contribution in [3.05, 3.63) is 39.4 Å². The number of nitro groups is 1. The number of benzene rings is 1. The van der Waals surface area contributed by atoms with E-state index in [2.05, 4.69) is 15.9 Å². The number of hydrogen-bond donors (Lipinski definition) is 2. The number of nitrogens with zero attached hydrogens (tertiary/aromatic N) is 1. The van der Waals surface area contributed by atoms with Crippen LogP contribution < -0.4 is 0 Å². The van der Waals surface area contributed by atoms with Crippen LogP contribution in [0.25, 0.3) is 0 Å². The highest BCUT2D eigenvalue weighted by molar-refractivity contribution is 9.09. The van der Waals surface area contributed by atoms with Gasteiger partial charge in [-0.25, -0.2) is 0 Å². The fourth-order valence-corrected chi connectivity index (χ4v) is 1.78. The number of halogens is 4. The number of nitro benzene ring substituents is 1. The molecule has 1 aromatic carbocycles. The van der Waals surface area contributed by atoms with Gasteiger partial charge in [0, 0.05) is 11.4 Å². The Labute approximate surface area is 113 Å². The normalized spacial score (nSPS) is 15.1. The molecule has 1 rings (SSSR count). The van der Waals surface area contributed by atoms with E-state index in [4.69, 9.17) is 0 Å². The van der Waals surface area contributed by atoms with Crippen LogP contribution in [0.4, 0.5) is 18.9 Å². The van der Waals surface area contributed by atoms with Gasteiger partial charge in [-0.15, -0.1) is 0 Å². The SMILES string of the molecule is O=[N+]([O-])c1cc(C(O)C(O)CBr)ccc1C(F)(F)F. The summed E-state index contributed by atoms with van der Waals surface area (Å²) >= 11 is 2.88. The number of hydrogen-bond acceptors (Lipinski definition) is 4. The number of rotatable bonds is 4. The summed E-state index contributed by atoms with van der Waals surface area (Å²) in [7, 11) is 0. The Morgan fingerprint density at radius 3 is 2.37 bits per heavy atom. The fraction of sp³-hybridized carbons (Fsp3) is 0.400. The van der Waals surface area contributed by atoms with E-state index in [-0.39, 0.29) is 10.9 Å². The molecule has 9 heteroatoms. The van der Waals surface area contributed by atoms with E-state index in [1.54, 1.807) is 0 Å². The van der Waals surface area contributed by atoms with Crippen LogP contribution in [0.5, 0.6) is 0 Å². The molecule has 2 atom stereocenters. The Morgan fingerprint density at radius 1 is 1.37 bits per heavy atom. The first-order valence-electron chi connectivity index (χ1n) is 4.96. The zero-order chi connectivity index (χ0) is 14.8. The molecule has 5 nitrogen and oxygen atoms in total. The molecule has 19 heavy (non-hydrogen) atoms. The minimum absolute atomic E-state index is 0.0248. The third-order valence-corrected chi connectivity index (χ3v) is 3.05. The largest absolute Gasteiger partial charge is 0.422 e. The molecule has 0 spiro atoms. The smallest absolute Gasteiger partial charge is 0.389 e. The number of alkyl halides is 4. The summed E-state index contributed by atoms with van der Waals surface area (Å²) in [5.41, 5.74) is -2.72. The first kappa shape index (κ1) is 15.9. The second-order valence-corrected chi connectivity index (χ2v) is 4.35. The summed E-state index contributed by atoms with van der Waals surface area (Å²) in [5.74, 6) is 0. The average molecular weight is 344 g/mol. The zero-order valence-electron chi connectivity index (χ0n) is 9.26. The topological polar surface area (TPSA) is 83.6 Å². The van der Waals surface area contributed by atoms with Crippen molar-refractivity contribution in [1.82, 2.24) is 0 Å². The highest BCUT2D eigenvalue weighted by atomic mass is 79.9. The van der Waals surface area contributed by atoms with Gasteiger partial charge in [-0.2, -0.15) is 13.2 Å². The standard InChI is InChI=1S/C10H9BrF3NO4/c11-4-8(16)9(17)5-1-2-6(10(12,13)14)7(3-5)15(18)19/h1-3,8-9,16-17H,4H2. The van der Waals surface area contributed by atoms with Crippen LogP contribution in [0.2, 0.25) is 0 Å². The van der Waals surface area contributed by atoms with Crippen LogP contribution in [0.1, 0.15) is 17.2 Å². The van der Waals surface area contributed by atoms with E-state index in [0.29, 0.717) is 12.1 Å². The molecule has 0 radical (unpaired) electrons. The number of aliphatic hydroxyl groups is 2. The molecule has 1 aromatic rings. The van der Waals surface area contributed by atoms with Crippen LogP contribution in [0.15, 0.2) is 18.2 Å². The summed E-state index contributed by atoms with van der Waals surface area (Å²) in [6.45, 7) is 0. The van der Waals surface area contributed by atoms with Crippen LogP contribution in [-0.2, 0) is 6.18 Å². The van der Waals surface area contributed by atoms with Gasteiger partial charge in [-0.1, -0.05) is 22.0 Å². The lowest BCUT2D eigenvalue weighted by Crippen LogP contribution is -2.20. The second-order valence-electron chi connectivity index (χ2n) is 3.70. The van der Waals surface area contributed by atoms with Gasteiger partial charge in [0.25, 0.3) is 5.69 Å². The van der Waals surface area contributed by atoms with E-state index in [0.717, 1.165) is 6.07 Å². The van der Waals surface area contributed by atoms with Crippen molar-refractivity contribution in [3.63, 3.8) is 0 Å². The summed E-state index contributed by atoms with van der Waals surface area (Å²) in [6, 6.07) is 2.02. The lowest BCUT2D eigenvalue weighted by molar-refractivity contribution is -0.388. The van der Waals surface area contributed by atoms with Crippen LogP contribution >= 0.6 is 15.9 Å². The molecule has 0 aliphatic rings. The first-order chi connectivity index (χ1) is 8.68. The Bertz CT molecular complexity index is 480. The molecular weight excluding hydrogens is 335 g/mol. The van der Waals surface area contributed by atoms with Crippen LogP contribution in [0, 0.1) is 10.1 Å². The molecule has 2 unspecified atom stereocenters. The third kappa shape index (κ3) is 3.64. The quantitative estimate of drug-likeness (QED) is 0.499. The Hall–Kier alpha value is -1.19. The Kier molecular flexibility index (Phi) is 4.88. The molecule has 0 fully saturated rings. The van der Waals surface area contributed by atoms with Crippen molar-refractivity contribution in [2.75, 3.05) is 5.33 Å². The molecule has 2 N–H and O–H groups in total. The molecule has 0 aromatic heterocycles. The van der Waals surface area contributed by atoms with Gasteiger partial charge in [0.15, 0.2) is 0 Å². The van der Waals surface area contributed by atoms with Crippen molar-refractivity contribution >= 4 is 21.6 Å². The summed E-state index contributed by atoms with van der Waals surface area (Å²) in [5, 5.41) is 29.6. The molecule has 0 saturated carbocycles. The summed E-state index contributed by atoms with van der Waals surface area (Å²) in [4.78, 5) is 9.45. The third-order valence-electron chi connectivity index (χ3n) is 2.39. The maximum Gasteiger partial charge on any atom is 0.422 e. The van der Waals surface area contributed by atoms with Crippen molar-refractivity contribution in [2.24, 2.45) is 0 Å². The highest BCUT2D eigenvalue weighted by Gasteiger charge is 2.38. The van der Waals surface area contributed by atoms with E-state index in [1.807, 2.05) is 0 Å². The monoisotopic (exact) mass is 343 g/mol. The molecule has 0 heterocycles. The Balaban J connectivity index is 3.28. The minimum atomic E-state index is -4.86. The molecular formula is C10H9BrF3NO4. The van der Waals surface area contributed by atoms with Crippen molar-refractivity contribution < 1.29 is 28.3 Å². The molecule has 0 aliphatic heterocycles. The Morgan fingerprint density at radius 2 is 1.95 bits per heavy atom. The van der Waals surface area contributed by atoms with Gasteiger partial charge < -0.3 is 10.2 Å². The fourth-order valence-electron chi connectivity index (χ4n) is 1.43. The minimum Gasteiger partial charge on any atom is -0.389 e. The lowest BCUT2D eigenvalue weighted by atomic mass is 10.0. The summed E-state index contributed by atoms with van der Waals surface area (Å²) in [6.07, 6.45) is -7.66. The van der Waals surface area contributed by atoms with Crippen molar-refractivity contribution in [1.29, 1.82) is 0 Å². The van der Waals surface area contributed by atoms with E-state index < -0.39 is 34.6 Å². The first-order valence-corrected chi connectivity index (χ1v) is 6.08. The predicted molar refractivity (Wildman–Crippen MR) is 62.9 cm³/mol. The van der Waals surface area contributed by atoms with Gasteiger partial charge in [0.1, 0.15) is 11.7 Å². The number of aliphatic hydroxyl groups excluding tert-OH is 2. The zero-order valence-corrected chi connectivity index (χ0v) is 10.8. The van der Waals surface area contributed by atoms with Crippen LogP contribution in [0.3, 0.4) is 0 Å². The molecule has 0 bridgehead atoms. The van der Waals surface area contributed by atoms with Gasteiger partial charge in [0.05, 0.1) is 11.0 Å². The van der Waals surface area contributed by atoms with Crippen LogP contribution in [-0.4, -0.2) is 26.6 Å². The van der Waals surface area contributed by atoms with Crippen molar-refractivity contribution in [2.45, 2.75) is 18.4 Å². The maximum absolute atomic E-state index is 12.5.